The van der Waals surface area contributed by atoms with Crippen LogP contribution in [0.4, 0.5) is 4.39 Å². The Labute approximate surface area is 84.8 Å². The third-order valence-corrected chi connectivity index (χ3v) is 2.00. The highest BCUT2D eigenvalue weighted by Gasteiger charge is 1.97. The van der Waals surface area contributed by atoms with Gasteiger partial charge in [0, 0.05) is 0 Å². The predicted octanol–water partition coefficient (Wildman–Crippen LogP) is 4.20. The van der Waals surface area contributed by atoms with E-state index in [-0.39, 0.29) is 5.82 Å². The molecule has 0 N–H and O–H groups in total. The van der Waals surface area contributed by atoms with E-state index in [9.17, 15) is 4.39 Å². The Kier molecular flexibility index (Phi) is 4.11. The van der Waals surface area contributed by atoms with Crippen LogP contribution in [0.1, 0.15) is 25.8 Å². The molecule has 0 amide bonds. The van der Waals surface area contributed by atoms with Gasteiger partial charge in [-0.25, -0.2) is 4.39 Å². The molecule has 0 fully saturated rings. The molecule has 1 rings (SSSR count). The van der Waals surface area contributed by atoms with Crippen molar-refractivity contribution in [3.8, 4) is 0 Å². The largest absolute Gasteiger partial charge is 0.207 e. The molecule has 0 aliphatic carbocycles. The first kappa shape index (κ1) is 10.7. The Balaban J connectivity index is 2.96. The molecule has 0 heterocycles. The summed E-state index contributed by atoms with van der Waals surface area (Å²) in [5, 5.41) is 0. The number of allylic oxidation sites excluding steroid dienone is 4. The Morgan fingerprint density at radius 2 is 2.21 bits per heavy atom. The molecule has 0 spiro atoms. The minimum atomic E-state index is -0.188. The summed E-state index contributed by atoms with van der Waals surface area (Å²) >= 11 is 0. The fourth-order valence-electron chi connectivity index (χ4n) is 1.27. The summed E-state index contributed by atoms with van der Waals surface area (Å²) in [6, 6.07) is 6.65. The van der Waals surface area contributed by atoms with Gasteiger partial charge in [0.25, 0.3) is 0 Å². The maximum absolute atomic E-state index is 12.9. The molecule has 0 aliphatic heterocycles. The van der Waals surface area contributed by atoms with Gasteiger partial charge >= 0.3 is 0 Å². The van der Waals surface area contributed by atoms with E-state index in [0.29, 0.717) is 0 Å². The molecule has 1 heteroatoms. The van der Waals surface area contributed by atoms with Gasteiger partial charge in [-0.3, -0.25) is 0 Å². The van der Waals surface area contributed by atoms with E-state index < -0.39 is 0 Å². The summed E-state index contributed by atoms with van der Waals surface area (Å²) in [7, 11) is 0. The highest BCUT2D eigenvalue weighted by molar-refractivity contribution is 5.73. The van der Waals surface area contributed by atoms with Crippen molar-refractivity contribution in [1.29, 1.82) is 0 Å². The minimum Gasteiger partial charge on any atom is -0.207 e. The van der Waals surface area contributed by atoms with Crippen LogP contribution in [0.25, 0.3) is 5.57 Å². The van der Waals surface area contributed by atoms with Crippen LogP contribution < -0.4 is 0 Å². The molecule has 0 saturated heterocycles. The summed E-state index contributed by atoms with van der Waals surface area (Å²) in [6.45, 7) is 4.04. The van der Waals surface area contributed by atoms with Crippen LogP contribution in [0.15, 0.2) is 42.5 Å². The molecule has 0 unspecified atom stereocenters. The smallest absolute Gasteiger partial charge is 0.123 e. The Hall–Kier alpha value is -1.37. The van der Waals surface area contributed by atoms with E-state index in [1.54, 1.807) is 12.1 Å². The number of halogens is 1. The Morgan fingerprint density at radius 1 is 1.43 bits per heavy atom. The van der Waals surface area contributed by atoms with Crippen LogP contribution >= 0.6 is 0 Å². The summed E-state index contributed by atoms with van der Waals surface area (Å²) in [5.41, 5.74) is 1.99. The van der Waals surface area contributed by atoms with Crippen LogP contribution in [0.5, 0.6) is 0 Å². The van der Waals surface area contributed by atoms with E-state index in [4.69, 9.17) is 0 Å². The maximum Gasteiger partial charge on any atom is 0.123 e. The lowest BCUT2D eigenvalue weighted by atomic mass is 10.1. The van der Waals surface area contributed by atoms with E-state index in [2.05, 4.69) is 13.0 Å². The minimum absolute atomic E-state index is 0.188. The highest BCUT2D eigenvalue weighted by atomic mass is 19.1. The quantitative estimate of drug-likeness (QED) is 0.627. The summed E-state index contributed by atoms with van der Waals surface area (Å²) in [4.78, 5) is 0. The highest BCUT2D eigenvalue weighted by Crippen LogP contribution is 2.16. The van der Waals surface area contributed by atoms with E-state index >= 15 is 0 Å². The van der Waals surface area contributed by atoms with Crippen molar-refractivity contribution in [2.75, 3.05) is 0 Å². The molecular formula is C13H15F. The van der Waals surface area contributed by atoms with E-state index in [1.807, 2.05) is 25.1 Å². The lowest BCUT2D eigenvalue weighted by molar-refractivity contribution is 0.627. The van der Waals surface area contributed by atoms with Crippen LogP contribution in [-0.2, 0) is 0 Å². The van der Waals surface area contributed by atoms with Crippen molar-refractivity contribution in [1.82, 2.24) is 0 Å². The van der Waals surface area contributed by atoms with E-state index in [0.717, 1.165) is 17.6 Å². The van der Waals surface area contributed by atoms with Gasteiger partial charge in [-0.05, 0) is 36.6 Å². The Morgan fingerprint density at radius 3 is 2.79 bits per heavy atom. The van der Waals surface area contributed by atoms with Gasteiger partial charge in [-0.1, -0.05) is 37.3 Å². The van der Waals surface area contributed by atoms with Gasteiger partial charge in [0.1, 0.15) is 5.82 Å². The van der Waals surface area contributed by atoms with Gasteiger partial charge in [0.05, 0.1) is 0 Å². The van der Waals surface area contributed by atoms with Crippen molar-refractivity contribution in [2.45, 2.75) is 20.3 Å². The van der Waals surface area contributed by atoms with Gasteiger partial charge in [0.2, 0.25) is 0 Å². The number of benzene rings is 1. The molecule has 0 bridgehead atoms. The number of hydrogen-bond acceptors (Lipinski definition) is 0. The monoisotopic (exact) mass is 190 g/mol. The van der Waals surface area contributed by atoms with Crippen molar-refractivity contribution in [2.24, 2.45) is 0 Å². The zero-order chi connectivity index (χ0) is 10.4. The second-order valence-electron chi connectivity index (χ2n) is 3.06. The SMILES string of the molecule is C/C=C(\C=C/CC)c1cccc(F)c1. The first-order chi connectivity index (χ1) is 6.77. The van der Waals surface area contributed by atoms with Gasteiger partial charge in [-0.2, -0.15) is 0 Å². The average Bonchev–Trinajstić information content (AvgIpc) is 2.19. The topological polar surface area (TPSA) is 0 Å². The lowest BCUT2D eigenvalue weighted by Crippen LogP contribution is -1.82. The second kappa shape index (κ2) is 5.38. The fourth-order valence-corrected chi connectivity index (χ4v) is 1.27. The molecule has 0 aliphatic rings. The molecule has 0 nitrogen and oxygen atoms in total. The number of hydrogen-bond donors (Lipinski definition) is 0. The van der Waals surface area contributed by atoms with Gasteiger partial charge in [0.15, 0.2) is 0 Å². The molecule has 14 heavy (non-hydrogen) atoms. The summed E-state index contributed by atoms with van der Waals surface area (Å²) in [6.07, 6.45) is 7.07. The van der Waals surface area contributed by atoms with Crippen LogP contribution in [0.3, 0.4) is 0 Å². The molecular weight excluding hydrogens is 175 g/mol. The standard InChI is InChI=1S/C13H15F/c1-3-5-7-11(4-2)12-8-6-9-13(14)10-12/h4-10H,3H2,1-2H3/b7-5-,11-4+. The molecule has 0 radical (unpaired) electrons. The van der Waals surface area contributed by atoms with E-state index in [1.165, 1.54) is 6.07 Å². The summed E-state index contributed by atoms with van der Waals surface area (Å²) < 4.78 is 12.9. The molecule has 1 aromatic rings. The lowest BCUT2D eigenvalue weighted by Gasteiger charge is -2.01. The van der Waals surface area contributed by atoms with Crippen LogP contribution in [0.2, 0.25) is 0 Å². The first-order valence-corrected chi connectivity index (χ1v) is 4.86. The normalized spacial score (nSPS) is 12.4. The van der Waals surface area contributed by atoms with Crippen molar-refractivity contribution in [3.63, 3.8) is 0 Å². The van der Waals surface area contributed by atoms with Crippen LogP contribution in [0, 0.1) is 5.82 Å². The fraction of sp³-hybridized carbons (Fsp3) is 0.231. The zero-order valence-corrected chi connectivity index (χ0v) is 8.63. The number of rotatable bonds is 3. The van der Waals surface area contributed by atoms with Crippen molar-refractivity contribution < 1.29 is 4.39 Å². The maximum atomic E-state index is 12.9. The second-order valence-corrected chi connectivity index (χ2v) is 3.06. The molecule has 0 atom stereocenters. The van der Waals surface area contributed by atoms with Crippen LogP contribution in [-0.4, -0.2) is 0 Å². The molecule has 0 aromatic heterocycles. The third-order valence-electron chi connectivity index (χ3n) is 2.00. The zero-order valence-electron chi connectivity index (χ0n) is 8.63. The summed E-state index contributed by atoms with van der Waals surface area (Å²) in [5.74, 6) is -0.188. The van der Waals surface area contributed by atoms with Gasteiger partial charge in [-0.15, -0.1) is 0 Å². The van der Waals surface area contributed by atoms with Crippen molar-refractivity contribution >= 4 is 5.57 Å². The third kappa shape index (κ3) is 2.84. The molecule has 74 valence electrons. The average molecular weight is 190 g/mol. The first-order valence-electron chi connectivity index (χ1n) is 4.86. The molecule has 0 saturated carbocycles. The van der Waals surface area contributed by atoms with Crippen molar-refractivity contribution in [3.05, 3.63) is 53.9 Å². The molecule has 1 aromatic carbocycles. The Bertz CT molecular complexity index is 348. The predicted molar refractivity (Wildman–Crippen MR) is 59.5 cm³/mol. The van der Waals surface area contributed by atoms with Gasteiger partial charge < -0.3 is 0 Å².